The predicted molar refractivity (Wildman–Crippen MR) is 93.2 cm³/mol. The van der Waals surface area contributed by atoms with Gasteiger partial charge in [-0.1, -0.05) is 30.3 Å². The van der Waals surface area contributed by atoms with E-state index in [2.05, 4.69) is 22.4 Å². The predicted octanol–water partition coefficient (Wildman–Crippen LogP) is 1.99. The Labute approximate surface area is 142 Å². The monoisotopic (exact) mass is 322 g/mol. The van der Waals surface area contributed by atoms with Crippen molar-refractivity contribution in [1.82, 2.24) is 15.3 Å². The Morgan fingerprint density at radius 2 is 2.08 bits per heavy atom. The van der Waals surface area contributed by atoms with Crippen molar-refractivity contribution in [1.29, 1.82) is 0 Å². The highest BCUT2D eigenvalue weighted by atomic mass is 16.2. The third kappa shape index (κ3) is 2.80. The molecule has 0 aliphatic carbocycles. The minimum Gasteiger partial charge on any atom is -0.316 e. The van der Waals surface area contributed by atoms with Gasteiger partial charge in [-0.25, -0.2) is 9.97 Å². The molecule has 1 aromatic heterocycles. The topological polar surface area (TPSA) is 58.1 Å². The normalized spacial score (nSPS) is 19.8. The van der Waals surface area contributed by atoms with Crippen LogP contribution >= 0.6 is 0 Å². The summed E-state index contributed by atoms with van der Waals surface area (Å²) in [5, 5.41) is 3.36. The number of nitrogens with one attached hydrogen (secondary N) is 1. The summed E-state index contributed by atoms with van der Waals surface area (Å²) in [5.74, 6) is 2.22. The van der Waals surface area contributed by atoms with Gasteiger partial charge in [0.2, 0.25) is 5.91 Å². The van der Waals surface area contributed by atoms with E-state index in [0.29, 0.717) is 18.9 Å². The number of carbonyl (C=O) groups is 1. The fourth-order valence-corrected chi connectivity index (χ4v) is 3.57. The average Bonchev–Trinajstić information content (AvgIpc) is 3.22. The van der Waals surface area contributed by atoms with Crippen LogP contribution < -0.4 is 10.2 Å². The number of hydrogen-bond donors (Lipinski definition) is 1. The van der Waals surface area contributed by atoms with Gasteiger partial charge in [0.15, 0.2) is 0 Å². The molecule has 4 rings (SSSR count). The second-order valence-electron chi connectivity index (χ2n) is 6.62. The van der Waals surface area contributed by atoms with Crippen LogP contribution in [0.2, 0.25) is 0 Å². The van der Waals surface area contributed by atoms with Gasteiger partial charge in [-0.2, -0.15) is 0 Å². The molecule has 3 heterocycles. The summed E-state index contributed by atoms with van der Waals surface area (Å²) in [6, 6.07) is 10.3. The molecule has 0 saturated carbocycles. The van der Waals surface area contributed by atoms with E-state index < -0.39 is 0 Å². The molecule has 2 aliphatic heterocycles. The number of rotatable bonds is 4. The first kappa shape index (κ1) is 15.3. The van der Waals surface area contributed by atoms with E-state index in [1.807, 2.05) is 30.0 Å². The Morgan fingerprint density at radius 1 is 1.25 bits per heavy atom. The van der Waals surface area contributed by atoms with Gasteiger partial charge in [-0.3, -0.25) is 9.69 Å². The molecule has 5 nitrogen and oxygen atoms in total. The number of carbonyl (C=O) groups excluding carboxylic acids is 1. The van der Waals surface area contributed by atoms with Crippen LogP contribution in [0, 0.1) is 6.92 Å². The zero-order valence-corrected chi connectivity index (χ0v) is 14.0. The zero-order chi connectivity index (χ0) is 16.5. The molecular weight excluding hydrogens is 300 g/mol. The average molecular weight is 322 g/mol. The van der Waals surface area contributed by atoms with Crippen LogP contribution in [0.25, 0.3) is 0 Å². The number of nitrogens with zero attached hydrogens (tertiary/aromatic N) is 3. The van der Waals surface area contributed by atoms with Gasteiger partial charge in [0.25, 0.3) is 0 Å². The number of anilines is 1. The van der Waals surface area contributed by atoms with Gasteiger partial charge < -0.3 is 5.32 Å². The summed E-state index contributed by atoms with van der Waals surface area (Å²) >= 11 is 0. The van der Waals surface area contributed by atoms with Crippen LogP contribution in [0.5, 0.6) is 0 Å². The molecule has 0 spiro atoms. The molecule has 1 unspecified atom stereocenters. The van der Waals surface area contributed by atoms with E-state index in [0.717, 1.165) is 48.8 Å². The Balaban J connectivity index is 1.60. The quantitative estimate of drug-likeness (QED) is 0.935. The van der Waals surface area contributed by atoms with E-state index in [4.69, 9.17) is 4.98 Å². The molecule has 0 radical (unpaired) electrons. The first-order valence-corrected chi connectivity index (χ1v) is 8.65. The van der Waals surface area contributed by atoms with Crippen LogP contribution in [0.15, 0.2) is 30.3 Å². The second kappa shape index (κ2) is 6.32. The van der Waals surface area contributed by atoms with Crippen molar-refractivity contribution in [3.63, 3.8) is 0 Å². The van der Waals surface area contributed by atoms with Crippen molar-refractivity contribution in [2.24, 2.45) is 0 Å². The molecule has 0 bridgehead atoms. The Hall–Kier alpha value is -2.27. The lowest BCUT2D eigenvalue weighted by Crippen LogP contribution is -2.30. The number of aromatic nitrogens is 2. The highest BCUT2D eigenvalue weighted by molar-refractivity contribution is 6.00. The second-order valence-corrected chi connectivity index (χ2v) is 6.62. The molecule has 2 aromatic rings. The van der Waals surface area contributed by atoms with Crippen molar-refractivity contribution < 1.29 is 4.79 Å². The maximum Gasteiger partial charge on any atom is 0.232 e. The Kier molecular flexibility index (Phi) is 4.02. The van der Waals surface area contributed by atoms with E-state index in [1.54, 1.807) is 0 Å². The summed E-state index contributed by atoms with van der Waals surface area (Å²) in [4.78, 5) is 23.8. The standard InChI is InChI=1S/C19H22N4O/c1-13-16-11-17(24)23(10-8-14-5-3-2-4-6-14)19(16)22-18(21-13)15-7-9-20-12-15/h2-6,15,20H,7-12H2,1H3. The smallest absolute Gasteiger partial charge is 0.232 e. The van der Waals surface area contributed by atoms with Gasteiger partial charge in [-0.05, 0) is 31.9 Å². The molecule has 1 aromatic carbocycles. The summed E-state index contributed by atoms with van der Waals surface area (Å²) in [6.07, 6.45) is 2.34. The highest BCUT2D eigenvalue weighted by Gasteiger charge is 2.32. The number of benzene rings is 1. The van der Waals surface area contributed by atoms with E-state index >= 15 is 0 Å². The fourth-order valence-electron chi connectivity index (χ4n) is 3.57. The van der Waals surface area contributed by atoms with Gasteiger partial charge >= 0.3 is 0 Å². The highest BCUT2D eigenvalue weighted by Crippen LogP contribution is 2.31. The summed E-state index contributed by atoms with van der Waals surface area (Å²) in [5.41, 5.74) is 3.20. The lowest BCUT2D eigenvalue weighted by Gasteiger charge is -2.18. The first-order valence-electron chi connectivity index (χ1n) is 8.65. The Bertz CT molecular complexity index is 753. The van der Waals surface area contributed by atoms with Crippen molar-refractivity contribution in [2.75, 3.05) is 24.5 Å². The SMILES string of the molecule is Cc1nc(C2CCNC2)nc2c1CC(=O)N2CCc1ccccc1. The molecule has 2 aliphatic rings. The Morgan fingerprint density at radius 3 is 2.83 bits per heavy atom. The minimum atomic E-state index is 0.139. The van der Waals surface area contributed by atoms with E-state index in [1.165, 1.54) is 5.56 Å². The van der Waals surface area contributed by atoms with Crippen molar-refractivity contribution in [2.45, 2.75) is 32.1 Å². The van der Waals surface area contributed by atoms with Crippen LogP contribution in [0.4, 0.5) is 5.82 Å². The number of amides is 1. The van der Waals surface area contributed by atoms with Crippen molar-refractivity contribution in [3.05, 3.63) is 53.0 Å². The van der Waals surface area contributed by atoms with Crippen molar-refractivity contribution in [3.8, 4) is 0 Å². The van der Waals surface area contributed by atoms with Crippen LogP contribution in [0.1, 0.15) is 35.0 Å². The third-order valence-electron chi connectivity index (χ3n) is 4.99. The summed E-state index contributed by atoms with van der Waals surface area (Å²) in [7, 11) is 0. The zero-order valence-electron chi connectivity index (χ0n) is 14.0. The van der Waals surface area contributed by atoms with Gasteiger partial charge in [0.1, 0.15) is 11.6 Å². The van der Waals surface area contributed by atoms with Gasteiger partial charge in [0, 0.05) is 30.3 Å². The van der Waals surface area contributed by atoms with Crippen LogP contribution in [-0.4, -0.2) is 35.5 Å². The molecule has 1 amide bonds. The lowest BCUT2D eigenvalue weighted by molar-refractivity contribution is -0.117. The van der Waals surface area contributed by atoms with E-state index in [-0.39, 0.29) is 5.91 Å². The number of fused-ring (bicyclic) bond motifs is 1. The van der Waals surface area contributed by atoms with Gasteiger partial charge in [0.05, 0.1) is 6.42 Å². The molecule has 5 heteroatoms. The maximum absolute atomic E-state index is 12.5. The lowest BCUT2D eigenvalue weighted by atomic mass is 10.1. The summed E-state index contributed by atoms with van der Waals surface area (Å²) in [6.45, 7) is 4.62. The van der Waals surface area contributed by atoms with Crippen LogP contribution in [0.3, 0.4) is 0 Å². The minimum absolute atomic E-state index is 0.139. The molecule has 124 valence electrons. The molecule has 1 fully saturated rings. The van der Waals surface area contributed by atoms with Gasteiger partial charge in [-0.15, -0.1) is 0 Å². The fraction of sp³-hybridized carbons (Fsp3) is 0.421. The molecule has 1 saturated heterocycles. The number of aryl methyl sites for hydroxylation is 1. The molecule has 1 atom stereocenters. The van der Waals surface area contributed by atoms with E-state index in [9.17, 15) is 4.79 Å². The van der Waals surface area contributed by atoms with Crippen LogP contribution in [-0.2, 0) is 17.6 Å². The molecule has 1 N–H and O–H groups in total. The molecular formula is C19H22N4O. The molecule has 24 heavy (non-hydrogen) atoms. The first-order chi connectivity index (χ1) is 11.7. The largest absolute Gasteiger partial charge is 0.316 e. The number of hydrogen-bond acceptors (Lipinski definition) is 4. The third-order valence-corrected chi connectivity index (χ3v) is 4.99. The summed E-state index contributed by atoms with van der Waals surface area (Å²) < 4.78 is 0. The van der Waals surface area contributed by atoms with Crippen molar-refractivity contribution >= 4 is 11.7 Å². The maximum atomic E-state index is 12.5.